The van der Waals surface area contributed by atoms with Crippen molar-refractivity contribution in [1.82, 2.24) is 9.78 Å². The zero-order valence-electron chi connectivity index (χ0n) is 7.14. The molecule has 7 nitrogen and oxygen atoms in total. The first-order chi connectivity index (χ1) is 6.00. The molecule has 0 fully saturated rings. The van der Waals surface area contributed by atoms with Gasteiger partial charge in [0.25, 0.3) is 0 Å². The number of aromatic nitrogens is 2. The van der Waals surface area contributed by atoms with Crippen LogP contribution >= 0.6 is 0 Å². The first-order valence-corrected chi connectivity index (χ1v) is 3.46. The van der Waals surface area contributed by atoms with Gasteiger partial charge in [0.2, 0.25) is 11.7 Å². The number of nitrogens with one attached hydrogen (secondary N) is 1. The molecule has 1 heterocycles. The van der Waals surface area contributed by atoms with E-state index in [0.717, 1.165) is 0 Å². The first kappa shape index (κ1) is 9.17. The van der Waals surface area contributed by atoms with Crippen LogP contribution in [0.3, 0.4) is 0 Å². The normalized spacial score (nSPS) is 9.69. The molecule has 0 atom stereocenters. The highest BCUT2D eigenvalue weighted by Gasteiger charge is 2.18. The second kappa shape index (κ2) is 3.21. The number of anilines is 1. The van der Waals surface area contributed by atoms with Crippen LogP contribution in [0.1, 0.15) is 6.92 Å². The van der Waals surface area contributed by atoms with Gasteiger partial charge in [0.15, 0.2) is 0 Å². The largest absolute Gasteiger partial charge is 0.331 e. The van der Waals surface area contributed by atoms with E-state index in [0.29, 0.717) is 0 Å². The van der Waals surface area contributed by atoms with Crippen LogP contribution in [0.5, 0.6) is 0 Å². The second-order valence-electron chi connectivity index (χ2n) is 2.47. The predicted octanol–water partition coefficient (Wildman–Crippen LogP) is 0.287. The Kier molecular flexibility index (Phi) is 2.27. The Bertz CT molecular complexity index is 357. The summed E-state index contributed by atoms with van der Waals surface area (Å²) in [5.41, 5.74) is -0.210. The van der Waals surface area contributed by atoms with Crippen molar-refractivity contribution in [2.75, 3.05) is 5.32 Å². The van der Waals surface area contributed by atoms with Gasteiger partial charge >= 0.3 is 5.69 Å². The van der Waals surface area contributed by atoms with Gasteiger partial charge in [-0.25, -0.2) is 0 Å². The van der Waals surface area contributed by atoms with E-state index in [9.17, 15) is 14.9 Å². The van der Waals surface area contributed by atoms with Gasteiger partial charge in [0.05, 0.1) is 4.92 Å². The standard InChI is InChI=1S/C6H8N4O3/c1-4(11)7-6-5(10(12)13)3-9(2)8-6/h3H,1-2H3,(H,7,8,11). The summed E-state index contributed by atoms with van der Waals surface area (Å²) in [6.45, 7) is 1.26. The van der Waals surface area contributed by atoms with Crippen LogP contribution in [-0.2, 0) is 11.8 Å². The van der Waals surface area contributed by atoms with Crippen molar-refractivity contribution >= 4 is 17.4 Å². The highest BCUT2D eigenvalue weighted by atomic mass is 16.6. The number of hydrogen-bond donors (Lipinski definition) is 1. The molecule has 1 aromatic rings. The van der Waals surface area contributed by atoms with Crippen LogP contribution in [0.15, 0.2) is 6.20 Å². The summed E-state index contributed by atoms with van der Waals surface area (Å²) in [5.74, 6) is -0.415. The van der Waals surface area contributed by atoms with Crippen LogP contribution in [0.25, 0.3) is 0 Å². The fourth-order valence-corrected chi connectivity index (χ4v) is 0.865. The summed E-state index contributed by atoms with van der Waals surface area (Å²) >= 11 is 0. The Morgan fingerprint density at radius 1 is 1.77 bits per heavy atom. The molecule has 0 bridgehead atoms. The third kappa shape index (κ3) is 2.01. The zero-order chi connectivity index (χ0) is 10.0. The van der Waals surface area contributed by atoms with Crippen molar-refractivity contribution in [3.8, 4) is 0 Å². The van der Waals surface area contributed by atoms with E-state index in [1.165, 1.54) is 24.9 Å². The van der Waals surface area contributed by atoms with Gasteiger partial charge in [0, 0.05) is 14.0 Å². The predicted molar refractivity (Wildman–Crippen MR) is 44.2 cm³/mol. The van der Waals surface area contributed by atoms with Gasteiger partial charge in [0.1, 0.15) is 6.20 Å². The first-order valence-electron chi connectivity index (χ1n) is 3.46. The molecule has 70 valence electrons. The molecule has 1 rings (SSSR count). The van der Waals surface area contributed by atoms with Crippen molar-refractivity contribution in [3.05, 3.63) is 16.3 Å². The van der Waals surface area contributed by atoms with E-state index in [-0.39, 0.29) is 17.4 Å². The molecule has 1 N–H and O–H groups in total. The highest BCUT2D eigenvalue weighted by Crippen LogP contribution is 2.20. The van der Waals surface area contributed by atoms with E-state index in [1.54, 1.807) is 0 Å². The molecular weight excluding hydrogens is 176 g/mol. The SMILES string of the molecule is CC(=O)Nc1nn(C)cc1[N+](=O)[O-]. The van der Waals surface area contributed by atoms with Gasteiger partial charge in [-0.1, -0.05) is 0 Å². The number of nitro groups is 1. The van der Waals surface area contributed by atoms with Crippen LogP contribution in [0.2, 0.25) is 0 Å². The fraction of sp³-hybridized carbons (Fsp3) is 0.333. The maximum Gasteiger partial charge on any atom is 0.331 e. The van der Waals surface area contributed by atoms with Crippen molar-refractivity contribution in [1.29, 1.82) is 0 Å². The monoisotopic (exact) mass is 184 g/mol. The number of carbonyl (C=O) groups excluding carboxylic acids is 1. The number of nitrogens with zero attached hydrogens (tertiary/aromatic N) is 3. The third-order valence-corrected chi connectivity index (χ3v) is 1.30. The van der Waals surface area contributed by atoms with Crippen molar-refractivity contribution < 1.29 is 9.72 Å². The molecule has 0 spiro atoms. The fourth-order valence-electron chi connectivity index (χ4n) is 0.865. The minimum atomic E-state index is -0.599. The van der Waals surface area contributed by atoms with Gasteiger partial charge in [-0.15, -0.1) is 5.10 Å². The Labute approximate surface area is 73.5 Å². The average Bonchev–Trinajstić information content (AvgIpc) is 2.29. The molecule has 0 radical (unpaired) electrons. The van der Waals surface area contributed by atoms with Crippen molar-refractivity contribution in [3.63, 3.8) is 0 Å². The van der Waals surface area contributed by atoms with Crippen molar-refractivity contribution in [2.24, 2.45) is 7.05 Å². The lowest BCUT2D eigenvalue weighted by Crippen LogP contribution is -2.08. The molecule has 0 saturated heterocycles. The van der Waals surface area contributed by atoms with Crippen LogP contribution < -0.4 is 5.32 Å². The molecule has 0 saturated carbocycles. The Balaban J connectivity index is 3.04. The van der Waals surface area contributed by atoms with Crippen LogP contribution in [0.4, 0.5) is 11.5 Å². The molecule has 0 aliphatic carbocycles. The van der Waals surface area contributed by atoms with E-state index in [1.807, 2.05) is 0 Å². The summed E-state index contributed by atoms with van der Waals surface area (Å²) in [7, 11) is 1.54. The van der Waals surface area contributed by atoms with Gasteiger partial charge in [-0.05, 0) is 0 Å². The molecule has 7 heteroatoms. The molecule has 1 aromatic heterocycles. The molecule has 13 heavy (non-hydrogen) atoms. The molecule has 0 aromatic carbocycles. The maximum absolute atomic E-state index is 10.6. The quantitative estimate of drug-likeness (QED) is 0.528. The van der Waals surface area contributed by atoms with Crippen molar-refractivity contribution in [2.45, 2.75) is 6.92 Å². The maximum atomic E-state index is 10.6. The summed E-state index contributed by atoms with van der Waals surface area (Å²) < 4.78 is 1.27. The minimum Gasteiger partial charge on any atom is -0.304 e. The van der Waals surface area contributed by atoms with Gasteiger partial charge < -0.3 is 5.32 Å². The number of carbonyl (C=O) groups is 1. The van der Waals surface area contributed by atoms with Crippen LogP contribution in [0, 0.1) is 10.1 Å². The smallest absolute Gasteiger partial charge is 0.304 e. The van der Waals surface area contributed by atoms with Gasteiger partial charge in [-0.2, -0.15) is 0 Å². The Morgan fingerprint density at radius 3 is 2.85 bits per heavy atom. The third-order valence-electron chi connectivity index (χ3n) is 1.30. The average molecular weight is 184 g/mol. The molecular formula is C6H8N4O3. The molecule has 0 aliphatic rings. The zero-order valence-corrected chi connectivity index (χ0v) is 7.14. The summed E-state index contributed by atoms with van der Waals surface area (Å²) in [4.78, 5) is 20.4. The van der Waals surface area contributed by atoms with E-state index < -0.39 is 4.92 Å². The summed E-state index contributed by atoms with van der Waals surface area (Å²) in [6.07, 6.45) is 1.23. The summed E-state index contributed by atoms with van der Waals surface area (Å²) in [6, 6.07) is 0. The number of aryl methyl sites for hydroxylation is 1. The Morgan fingerprint density at radius 2 is 2.38 bits per heavy atom. The molecule has 0 unspecified atom stereocenters. The topological polar surface area (TPSA) is 90.1 Å². The number of amides is 1. The lowest BCUT2D eigenvalue weighted by molar-refractivity contribution is -0.384. The second-order valence-corrected chi connectivity index (χ2v) is 2.47. The van der Waals surface area contributed by atoms with E-state index in [2.05, 4.69) is 10.4 Å². The molecule has 1 amide bonds. The lowest BCUT2D eigenvalue weighted by Gasteiger charge is -1.94. The molecule has 0 aliphatic heterocycles. The highest BCUT2D eigenvalue weighted by molar-refractivity contribution is 5.89. The Hall–Kier alpha value is -1.92. The van der Waals surface area contributed by atoms with Gasteiger partial charge in [-0.3, -0.25) is 19.6 Å². The minimum absolute atomic E-state index is 0.0278. The van der Waals surface area contributed by atoms with E-state index >= 15 is 0 Å². The van der Waals surface area contributed by atoms with E-state index in [4.69, 9.17) is 0 Å². The summed E-state index contributed by atoms with van der Waals surface area (Å²) in [5, 5.41) is 16.4. The number of rotatable bonds is 2. The number of hydrogen-bond acceptors (Lipinski definition) is 4. The van der Waals surface area contributed by atoms with Crippen LogP contribution in [-0.4, -0.2) is 20.6 Å². The lowest BCUT2D eigenvalue weighted by atomic mass is 10.5.